The average Bonchev–Trinajstić information content (AvgIpc) is 2.85. The van der Waals surface area contributed by atoms with Gasteiger partial charge >= 0.3 is 23.9 Å². The summed E-state index contributed by atoms with van der Waals surface area (Å²) >= 11 is 0. The van der Waals surface area contributed by atoms with E-state index in [1.807, 2.05) is 0 Å². The fraction of sp³-hybridized carbons (Fsp3) is 0.692. The van der Waals surface area contributed by atoms with E-state index in [9.17, 15) is 19.2 Å². The van der Waals surface area contributed by atoms with Crippen LogP contribution in [0, 0.1) is 23.7 Å². The van der Waals surface area contributed by atoms with E-state index in [1.54, 1.807) is 6.92 Å². The summed E-state index contributed by atoms with van der Waals surface area (Å²) in [6, 6.07) is 0. The van der Waals surface area contributed by atoms with Crippen LogP contribution in [0.1, 0.15) is 65.2 Å². The molecule has 0 atom stereocenters. The predicted molar refractivity (Wildman–Crippen MR) is 124 cm³/mol. The Hall–Kier alpha value is -2.64. The standard InChI is InChI=1S/C26H38O8/c1-5-31-23(27)18(3)24(28)33-15-21-10-12-22(13-11-21)16-34-26(30)19(4)25(29)32-14-20-8-6-17(2)7-9-20/h17,20-22H,3-16H2,1-2H3. The summed E-state index contributed by atoms with van der Waals surface area (Å²) in [6.45, 7) is 11.7. The van der Waals surface area contributed by atoms with Crippen LogP contribution in [0.2, 0.25) is 0 Å². The zero-order valence-electron chi connectivity index (χ0n) is 20.5. The molecular formula is C26H38O8. The third-order valence-electron chi connectivity index (χ3n) is 6.71. The molecule has 0 aliphatic heterocycles. The zero-order valence-corrected chi connectivity index (χ0v) is 20.5. The average molecular weight is 479 g/mol. The van der Waals surface area contributed by atoms with Crippen molar-refractivity contribution in [3.63, 3.8) is 0 Å². The van der Waals surface area contributed by atoms with Gasteiger partial charge in [-0.15, -0.1) is 0 Å². The van der Waals surface area contributed by atoms with Crippen LogP contribution in [0.5, 0.6) is 0 Å². The van der Waals surface area contributed by atoms with Gasteiger partial charge in [0.05, 0.1) is 26.4 Å². The van der Waals surface area contributed by atoms with Gasteiger partial charge in [-0.05, 0) is 69.1 Å². The number of rotatable bonds is 11. The molecule has 0 aromatic heterocycles. The third kappa shape index (κ3) is 8.95. The maximum atomic E-state index is 12.2. The van der Waals surface area contributed by atoms with E-state index in [1.165, 1.54) is 0 Å². The van der Waals surface area contributed by atoms with Gasteiger partial charge in [0.15, 0.2) is 0 Å². The molecule has 2 aliphatic carbocycles. The summed E-state index contributed by atoms with van der Waals surface area (Å²) < 4.78 is 20.5. The quantitative estimate of drug-likeness (QED) is 0.145. The first-order chi connectivity index (χ1) is 16.2. The van der Waals surface area contributed by atoms with Gasteiger partial charge in [0.2, 0.25) is 0 Å². The van der Waals surface area contributed by atoms with Gasteiger partial charge in [-0.1, -0.05) is 32.9 Å². The molecule has 0 saturated heterocycles. The van der Waals surface area contributed by atoms with Gasteiger partial charge in [0, 0.05) is 0 Å². The molecule has 0 spiro atoms. The van der Waals surface area contributed by atoms with Crippen molar-refractivity contribution in [2.45, 2.75) is 65.2 Å². The lowest BCUT2D eigenvalue weighted by Crippen LogP contribution is -2.26. The Morgan fingerprint density at radius 1 is 0.588 bits per heavy atom. The van der Waals surface area contributed by atoms with Crippen molar-refractivity contribution in [2.24, 2.45) is 23.7 Å². The van der Waals surface area contributed by atoms with Crippen LogP contribution in [0.3, 0.4) is 0 Å². The SMILES string of the molecule is C=C(C(=O)OCC)C(=O)OCC1CCC(COC(=O)C(=C)C(=O)OCC2CCC(C)CC2)CC1. The lowest BCUT2D eigenvalue weighted by Gasteiger charge is -2.28. The summed E-state index contributed by atoms with van der Waals surface area (Å²) in [5, 5.41) is 0. The Morgan fingerprint density at radius 2 is 0.882 bits per heavy atom. The Balaban J connectivity index is 1.61. The minimum atomic E-state index is -0.771. The van der Waals surface area contributed by atoms with Crippen molar-refractivity contribution in [3.05, 3.63) is 24.3 Å². The Morgan fingerprint density at radius 3 is 1.21 bits per heavy atom. The summed E-state index contributed by atoms with van der Waals surface area (Å²) in [5.74, 6) is -1.59. The maximum Gasteiger partial charge on any atom is 0.344 e. The molecule has 0 aromatic rings. The van der Waals surface area contributed by atoms with E-state index in [-0.39, 0.29) is 42.8 Å². The van der Waals surface area contributed by atoms with Gasteiger partial charge < -0.3 is 18.9 Å². The molecule has 0 radical (unpaired) electrons. The Labute approximate surface area is 202 Å². The van der Waals surface area contributed by atoms with E-state index in [4.69, 9.17) is 18.9 Å². The van der Waals surface area contributed by atoms with Crippen LogP contribution in [0.25, 0.3) is 0 Å². The minimum Gasteiger partial charge on any atom is -0.462 e. The monoisotopic (exact) mass is 478 g/mol. The first-order valence-corrected chi connectivity index (χ1v) is 12.3. The molecule has 2 fully saturated rings. The molecule has 2 saturated carbocycles. The van der Waals surface area contributed by atoms with Gasteiger partial charge in [-0.25, -0.2) is 19.2 Å². The molecule has 0 aromatic carbocycles. The van der Waals surface area contributed by atoms with Crippen molar-refractivity contribution in [3.8, 4) is 0 Å². The van der Waals surface area contributed by atoms with Crippen LogP contribution in [-0.4, -0.2) is 50.3 Å². The fourth-order valence-corrected chi connectivity index (χ4v) is 4.29. The normalized spacial score (nSPS) is 24.4. The highest BCUT2D eigenvalue weighted by Crippen LogP contribution is 2.30. The lowest BCUT2D eigenvalue weighted by molar-refractivity contribution is -0.151. The van der Waals surface area contributed by atoms with Crippen LogP contribution in [-0.2, 0) is 38.1 Å². The molecule has 8 nitrogen and oxygen atoms in total. The number of carbonyl (C=O) groups is 4. The Bertz CT molecular complexity index is 755. The fourth-order valence-electron chi connectivity index (χ4n) is 4.29. The van der Waals surface area contributed by atoms with E-state index in [0.29, 0.717) is 12.5 Å². The van der Waals surface area contributed by atoms with E-state index < -0.39 is 23.9 Å². The number of hydrogen-bond acceptors (Lipinski definition) is 8. The number of ether oxygens (including phenoxy) is 4. The smallest absolute Gasteiger partial charge is 0.344 e. The lowest BCUT2D eigenvalue weighted by atomic mass is 9.83. The summed E-state index contributed by atoms with van der Waals surface area (Å²) in [5.41, 5.74) is -0.582. The van der Waals surface area contributed by atoms with E-state index in [0.717, 1.165) is 57.3 Å². The third-order valence-corrected chi connectivity index (χ3v) is 6.71. The minimum absolute atomic E-state index is 0.161. The van der Waals surface area contributed by atoms with Crippen molar-refractivity contribution >= 4 is 23.9 Å². The van der Waals surface area contributed by atoms with Gasteiger partial charge in [0.25, 0.3) is 0 Å². The van der Waals surface area contributed by atoms with Gasteiger partial charge in [-0.3, -0.25) is 0 Å². The molecule has 0 bridgehead atoms. The maximum absolute atomic E-state index is 12.2. The summed E-state index contributed by atoms with van der Waals surface area (Å²) in [6.07, 6.45) is 7.53. The second-order valence-electron chi connectivity index (χ2n) is 9.49. The Kier molecular flexibility index (Phi) is 11.3. The highest BCUT2D eigenvalue weighted by atomic mass is 16.6. The highest BCUT2D eigenvalue weighted by molar-refractivity contribution is 6.13. The highest BCUT2D eigenvalue weighted by Gasteiger charge is 2.27. The van der Waals surface area contributed by atoms with Crippen molar-refractivity contribution in [1.29, 1.82) is 0 Å². The summed E-state index contributed by atoms with van der Waals surface area (Å²) in [7, 11) is 0. The second kappa shape index (κ2) is 13.9. The van der Waals surface area contributed by atoms with Crippen LogP contribution in [0.15, 0.2) is 24.3 Å². The van der Waals surface area contributed by atoms with Gasteiger partial charge in [0.1, 0.15) is 11.1 Å². The predicted octanol–water partition coefficient (Wildman–Crippen LogP) is 3.92. The largest absolute Gasteiger partial charge is 0.462 e. The van der Waals surface area contributed by atoms with E-state index >= 15 is 0 Å². The first-order valence-electron chi connectivity index (χ1n) is 12.3. The number of hydrogen-bond donors (Lipinski definition) is 0. The molecule has 8 heteroatoms. The molecule has 0 N–H and O–H groups in total. The zero-order chi connectivity index (χ0) is 25.1. The van der Waals surface area contributed by atoms with Crippen molar-refractivity contribution in [1.82, 2.24) is 0 Å². The molecule has 0 heterocycles. The summed E-state index contributed by atoms with van der Waals surface area (Å²) in [4.78, 5) is 47.7. The van der Waals surface area contributed by atoms with Crippen LogP contribution in [0.4, 0.5) is 0 Å². The van der Waals surface area contributed by atoms with E-state index in [2.05, 4.69) is 20.1 Å². The van der Waals surface area contributed by atoms with Gasteiger partial charge in [-0.2, -0.15) is 0 Å². The van der Waals surface area contributed by atoms with Crippen molar-refractivity contribution in [2.75, 3.05) is 26.4 Å². The first kappa shape index (κ1) is 27.6. The molecule has 2 aliphatic rings. The molecular weight excluding hydrogens is 440 g/mol. The molecule has 2 rings (SSSR count). The van der Waals surface area contributed by atoms with Crippen LogP contribution < -0.4 is 0 Å². The number of esters is 4. The molecule has 190 valence electrons. The topological polar surface area (TPSA) is 105 Å². The van der Waals surface area contributed by atoms with Crippen molar-refractivity contribution < 1.29 is 38.1 Å². The molecule has 0 amide bonds. The number of carbonyl (C=O) groups excluding carboxylic acids is 4. The van der Waals surface area contributed by atoms with Crippen LogP contribution >= 0.6 is 0 Å². The molecule has 0 unspecified atom stereocenters. The second-order valence-corrected chi connectivity index (χ2v) is 9.49. The molecule has 34 heavy (non-hydrogen) atoms.